The van der Waals surface area contributed by atoms with E-state index in [1.54, 1.807) is 13.8 Å². The fourth-order valence-electron chi connectivity index (χ4n) is 8.52. The first kappa shape index (κ1) is 28.7. The van der Waals surface area contributed by atoms with Crippen LogP contribution in [0.3, 0.4) is 0 Å². The first-order chi connectivity index (χ1) is 17.5. The van der Waals surface area contributed by atoms with Gasteiger partial charge in [-0.3, -0.25) is 4.79 Å². The fourth-order valence-corrected chi connectivity index (χ4v) is 8.52. The van der Waals surface area contributed by atoms with Crippen LogP contribution in [-0.2, 0) is 19.1 Å². The van der Waals surface area contributed by atoms with E-state index in [1.807, 2.05) is 27.7 Å². The van der Waals surface area contributed by atoms with Crippen LogP contribution in [0.2, 0.25) is 0 Å². The molecule has 0 amide bonds. The molecule has 0 aromatic heterocycles. The smallest absolute Gasteiger partial charge is 0.478 e. The number of carbonyl (C=O) groups is 3. The molecule has 0 radical (unpaired) electrons. The minimum Gasteiger partial charge on any atom is -0.478 e. The molecule has 0 aliphatic heterocycles. The van der Waals surface area contributed by atoms with E-state index in [-0.39, 0.29) is 48.9 Å². The standard InChI is InChI=1S/C29H40F2O7/c1-14(2)23(15(3)4)37-25(36)38-29(24(34)35)16(5)10-18-19-12-21(30)20-11-17(32)8-9-26(20,6)28(19,31)22(33)13-27(18,29)7/h8-9,14-16,18-19,22-23,33H,10-13H2,1-7H3,(H,34,35)/t16-,18+,19+,22+,26+,27+,28+,29+/m1/s1. The van der Waals surface area contributed by atoms with Gasteiger partial charge in [0.25, 0.3) is 0 Å². The van der Waals surface area contributed by atoms with Crippen LogP contribution in [0.5, 0.6) is 0 Å². The number of allylic oxidation sites excluding steroid dienone is 4. The molecule has 0 aromatic carbocycles. The number of carboxylic acids is 1. The lowest BCUT2D eigenvalue weighted by atomic mass is 9.45. The number of halogens is 2. The lowest BCUT2D eigenvalue weighted by Gasteiger charge is -2.61. The Morgan fingerprint density at radius 2 is 1.74 bits per heavy atom. The van der Waals surface area contributed by atoms with Crippen molar-refractivity contribution in [3.05, 3.63) is 23.6 Å². The summed E-state index contributed by atoms with van der Waals surface area (Å²) in [6.45, 7) is 12.2. The summed E-state index contributed by atoms with van der Waals surface area (Å²) in [4.78, 5) is 38.1. The molecule has 4 aliphatic rings. The van der Waals surface area contributed by atoms with E-state index in [2.05, 4.69) is 0 Å². The van der Waals surface area contributed by atoms with Gasteiger partial charge in [0, 0.05) is 35.5 Å². The van der Waals surface area contributed by atoms with Gasteiger partial charge in [-0.15, -0.1) is 0 Å². The molecule has 4 rings (SSSR count). The molecular formula is C29H40F2O7. The molecule has 2 saturated carbocycles. The van der Waals surface area contributed by atoms with E-state index in [1.165, 1.54) is 19.1 Å². The summed E-state index contributed by atoms with van der Waals surface area (Å²) in [5.74, 6) is -5.01. The Balaban J connectivity index is 1.78. The van der Waals surface area contributed by atoms with Gasteiger partial charge in [-0.25, -0.2) is 18.4 Å². The van der Waals surface area contributed by atoms with Gasteiger partial charge in [-0.05, 0) is 49.2 Å². The molecule has 7 nitrogen and oxygen atoms in total. The second-order valence-corrected chi connectivity index (χ2v) is 13.0. The SMILES string of the molecule is CC(C)C(OC(=O)O[C@]1(C(=O)O)[C@H](C)C[C@H]2[C@@H]3CC(F)=C4CC(=O)C=C[C@]4(C)[C@@]3(F)[C@@H](O)C[C@@]21C)C(C)C. The molecule has 212 valence electrons. The van der Waals surface area contributed by atoms with E-state index >= 15 is 8.78 Å². The molecule has 0 bridgehead atoms. The molecule has 0 heterocycles. The molecule has 8 atom stereocenters. The van der Waals surface area contributed by atoms with E-state index in [0.717, 1.165) is 0 Å². The van der Waals surface area contributed by atoms with Gasteiger partial charge >= 0.3 is 12.1 Å². The molecular weight excluding hydrogens is 498 g/mol. The first-order valence-corrected chi connectivity index (χ1v) is 13.6. The number of carboxylic acid groups (broad SMARTS) is 1. The highest BCUT2D eigenvalue weighted by atomic mass is 19.1. The monoisotopic (exact) mass is 538 g/mol. The number of fused-ring (bicyclic) bond motifs is 5. The average molecular weight is 539 g/mol. The van der Waals surface area contributed by atoms with Crippen LogP contribution < -0.4 is 0 Å². The lowest BCUT2D eigenvalue weighted by molar-refractivity contribution is -0.227. The van der Waals surface area contributed by atoms with Crippen molar-refractivity contribution in [1.29, 1.82) is 0 Å². The number of alkyl halides is 1. The molecule has 38 heavy (non-hydrogen) atoms. The van der Waals surface area contributed by atoms with Gasteiger partial charge in [-0.1, -0.05) is 47.6 Å². The Hall–Kier alpha value is -2.29. The van der Waals surface area contributed by atoms with E-state index in [9.17, 15) is 24.6 Å². The van der Waals surface area contributed by atoms with E-state index in [4.69, 9.17) is 9.47 Å². The van der Waals surface area contributed by atoms with Crippen LogP contribution in [0.1, 0.15) is 74.1 Å². The number of rotatable bonds is 5. The average Bonchev–Trinajstić information content (AvgIpc) is 3.02. The zero-order valence-electron chi connectivity index (χ0n) is 23.2. The topological polar surface area (TPSA) is 110 Å². The molecule has 9 heteroatoms. The zero-order valence-corrected chi connectivity index (χ0v) is 23.2. The Morgan fingerprint density at radius 3 is 2.29 bits per heavy atom. The number of ketones is 1. The predicted molar refractivity (Wildman–Crippen MR) is 134 cm³/mol. The molecule has 0 aromatic rings. The van der Waals surface area contributed by atoms with Crippen molar-refractivity contribution in [2.45, 2.75) is 97.6 Å². The second-order valence-electron chi connectivity index (χ2n) is 13.0. The highest BCUT2D eigenvalue weighted by Gasteiger charge is 2.78. The largest absolute Gasteiger partial charge is 0.509 e. The van der Waals surface area contributed by atoms with Gasteiger partial charge in [0.05, 0.1) is 6.10 Å². The number of hydrogen-bond acceptors (Lipinski definition) is 6. The predicted octanol–water partition coefficient (Wildman–Crippen LogP) is 5.56. The Bertz CT molecular complexity index is 1090. The van der Waals surface area contributed by atoms with Crippen molar-refractivity contribution < 1.29 is 42.9 Å². The normalized spacial score (nSPS) is 42.3. The molecule has 2 N–H and O–H groups in total. The molecule has 0 saturated heterocycles. The van der Waals surface area contributed by atoms with Crippen LogP contribution in [0.25, 0.3) is 0 Å². The Morgan fingerprint density at radius 1 is 1.13 bits per heavy atom. The highest BCUT2D eigenvalue weighted by Crippen LogP contribution is 2.71. The van der Waals surface area contributed by atoms with Crippen molar-refractivity contribution >= 4 is 17.9 Å². The second kappa shape index (κ2) is 9.14. The molecule has 2 fully saturated rings. The summed E-state index contributed by atoms with van der Waals surface area (Å²) in [6.07, 6.45) is -1.55. The summed E-state index contributed by atoms with van der Waals surface area (Å²) in [5, 5.41) is 22.0. The molecule has 0 unspecified atom stereocenters. The minimum atomic E-state index is -2.34. The van der Waals surface area contributed by atoms with Crippen LogP contribution in [0.15, 0.2) is 23.6 Å². The highest BCUT2D eigenvalue weighted by molar-refractivity contribution is 5.93. The number of ether oxygens (including phenoxy) is 2. The number of carbonyl (C=O) groups excluding carboxylic acids is 2. The number of hydrogen-bond donors (Lipinski definition) is 2. The number of aliphatic hydroxyl groups excluding tert-OH is 1. The Kier molecular flexibility index (Phi) is 6.90. The lowest BCUT2D eigenvalue weighted by Crippen LogP contribution is -2.69. The Labute approximate surface area is 222 Å². The molecule has 0 spiro atoms. The molecule has 4 aliphatic carbocycles. The van der Waals surface area contributed by atoms with Crippen molar-refractivity contribution in [3.63, 3.8) is 0 Å². The maximum absolute atomic E-state index is 17.3. The third-order valence-corrected chi connectivity index (χ3v) is 10.3. The maximum Gasteiger partial charge on any atom is 0.509 e. The maximum atomic E-state index is 17.3. The third-order valence-electron chi connectivity index (χ3n) is 10.3. The van der Waals surface area contributed by atoms with Crippen molar-refractivity contribution in [2.75, 3.05) is 0 Å². The summed E-state index contributed by atoms with van der Waals surface area (Å²) in [6, 6.07) is 0. The number of aliphatic carboxylic acids is 1. The van der Waals surface area contributed by atoms with Gasteiger partial charge in [0.15, 0.2) is 11.5 Å². The third kappa shape index (κ3) is 3.63. The van der Waals surface area contributed by atoms with Gasteiger partial charge < -0.3 is 19.7 Å². The van der Waals surface area contributed by atoms with Crippen molar-refractivity contribution in [3.8, 4) is 0 Å². The van der Waals surface area contributed by atoms with E-state index < -0.39 is 70.0 Å². The van der Waals surface area contributed by atoms with E-state index in [0.29, 0.717) is 0 Å². The summed E-state index contributed by atoms with van der Waals surface area (Å²) in [7, 11) is 0. The van der Waals surface area contributed by atoms with Gasteiger partial charge in [-0.2, -0.15) is 0 Å². The summed E-state index contributed by atoms with van der Waals surface area (Å²) >= 11 is 0. The van der Waals surface area contributed by atoms with Crippen LogP contribution >= 0.6 is 0 Å². The van der Waals surface area contributed by atoms with Crippen molar-refractivity contribution in [2.24, 2.45) is 40.4 Å². The fraction of sp³-hybridized carbons (Fsp3) is 0.759. The first-order valence-electron chi connectivity index (χ1n) is 13.6. The quantitative estimate of drug-likeness (QED) is 0.441. The van der Waals surface area contributed by atoms with Crippen LogP contribution in [0.4, 0.5) is 13.6 Å². The number of aliphatic hydroxyl groups is 1. The minimum absolute atomic E-state index is 0.0372. The van der Waals surface area contributed by atoms with Gasteiger partial charge in [0.1, 0.15) is 11.9 Å². The van der Waals surface area contributed by atoms with Crippen LogP contribution in [0, 0.1) is 40.4 Å². The summed E-state index contributed by atoms with van der Waals surface area (Å²) < 4.78 is 44.2. The summed E-state index contributed by atoms with van der Waals surface area (Å²) in [5.41, 5.74) is -7.39. The van der Waals surface area contributed by atoms with Crippen LogP contribution in [-0.4, -0.2) is 51.6 Å². The van der Waals surface area contributed by atoms with Crippen molar-refractivity contribution in [1.82, 2.24) is 0 Å². The van der Waals surface area contributed by atoms with Gasteiger partial charge in [0.2, 0.25) is 5.60 Å². The zero-order chi connectivity index (χ0) is 28.6.